The van der Waals surface area contributed by atoms with Crippen LogP contribution in [0.25, 0.3) is 0 Å². The standard InChI is InChI=1S/C36H42O8/c1-36(2)43-22-28(44-36)26-18-27(37)31(38)30-29(26)32(39)34(41-20-24-14-8-4-9-15-24)35(42-21-25-16-10-5-11-17-25)33(30)40-19-23-12-6-3-7-13-23/h3-17,26-31,33-35,37-38H,18-22H2,1-2H3/t26-,27-,28-,29-,30-,31-,33-,34+,35+/m1/s1. The zero-order chi connectivity index (χ0) is 30.7. The number of aliphatic hydroxyl groups is 2. The van der Waals surface area contributed by atoms with Crippen molar-refractivity contribution < 1.29 is 38.7 Å². The van der Waals surface area contributed by atoms with Crippen molar-refractivity contribution in [3.05, 3.63) is 108 Å². The Hall–Kier alpha value is -2.95. The Morgan fingerprint density at radius 1 is 0.750 bits per heavy atom. The van der Waals surface area contributed by atoms with Gasteiger partial charge in [-0.3, -0.25) is 4.79 Å². The van der Waals surface area contributed by atoms with E-state index in [9.17, 15) is 15.0 Å². The molecule has 3 aliphatic rings. The zero-order valence-electron chi connectivity index (χ0n) is 25.2. The minimum absolute atomic E-state index is 0.173. The fourth-order valence-corrected chi connectivity index (χ4v) is 7.03. The first-order valence-electron chi connectivity index (χ1n) is 15.5. The largest absolute Gasteiger partial charge is 0.390 e. The lowest BCUT2D eigenvalue weighted by molar-refractivity contribution is -0.238. The smallest absolute Gasteiger partial charge is 0.168 e. The van der Waals surface area contributed by atoms with Crippen molar-refractivity contribution >= 4 is 5.78 Å². The SMILES string of the molecule is CC1(C)OC[C@H]([C@H]2C[C@@H](O)[C@@H](O)[C@@H]3[C@@H](OCc4ccccc4)[C@H](OCc4ccccc4)[C@@H](OCc4ccccc4)C(=O)[C@H]23)O1. The Morgan fingerprint density at radius 2 is 1.25 bits per heavy atom. The molecule has 3 aromatic rings. The van der Waals surface area contributed by atoms with Gasteiger partial charge in [-0.25, -0.2) is 0 Å². The highest BCUT2D eigenvalue weighted by Gasteiger charge is 2.62. The van der Waals surface area contributed by atoms with Gasteiger partial charge in [-0.05, 0) is 37.0 Å². The van der Waals surface area contributed by atoms with Crippen molar-refractivity contribution in [2.24, 2.45) is 17.8 Å². The van der Waals surface area contributed by atoms with Gasteiger partial charge in [0.2, 0.25) is 0 Å². The number of ketones is 1. The van der Waals surface area contributed by atoms with E-state index in [0.29, 0.717) is 0 Å². The maximum atomic E-state index is 14.7. The summed E-state index contributed by atoms with van der Waals surface area (Å²) in [7, 11) is 0. The Morgan fingerprint density at radius 3 is 1.75 bits per heavy atom. The Kier molecular flexibility index (Phi) is 9.59. The van der Waals surface area contributed by atoms with E-state index in [1.807, 2.05) is 105 Å². The molecule has 0 aromatic heterocycles. The highest BCUT2D eigenvalue weighted by molar-refractivity contribution is 5.88. The number of ether oxygens (including phenoxy) is 5. The molecule has 8 nitrogen and oxygen atoms in total. The highest BCUT2D eigenvalue weighted by atomic mass is 16.7. The van der Waals surface area contributed by atoms with Crippen LogP contribution in [0.3, 0.4) is 0 Å². The normalized spacial score (nSPS) is 33.2. The maximum absolute atomic E-state index is 14.7. The molecule has 0 radical (unpaired) electrons. The van der Waals surface area contributed by atoms with Crippen LogP contribution >= 0.6 is 0 Å². The molecular formula is C36H42O8. The average Bonchev–Trinajstić information content (AvgIpc) is 3.41. The molecule has 9 atom stereocenters. The number of benzene rings is 3. The summed E-state index contributed by atoms with van der Waals surface area (Å²) < 4.78 is 31.8. The first kappa shape index (κ1) is 31.0. The molecule has 44 heavy (non-hydrogen) atoms. The Labute approximate surface area is 258 Å². The third-order valence-corrected chi connectivity index (χ3v) is 9.14. The minimum atomic E-state index is -1.20. The molecule has 2 saturated carbocycles. The molecule has 0 unspecified atom stereocenters. The van der Waals surface area contributed by atoms with E-state index in [2.05, 4.69) is 0 Å². The van der Waals surface area contributed by atoms with E-state index in [-0.39, 0.29) is 38.6 Å². The van der Waals surface area contributed by atoms with Gasteiger partial charge in [0.15, 0.2) is 11.6 Å². The molecular weight excluding hydrogens is 560 g/mol. The van der Waals surface area contributed by atoms with E-state index in [1.54, 1.807) is 0 Å². The highest BCUT2D eigenvalue weighted by Crippen LogP contribution is 2.49. The Balaban J connectivity index is 1.37. The molecule has 2 aliphatic carbocycles. The van der Waals surface area contributed by atoms with Crippen molar-refractivity contribution in [2.45, 2.75) is 82.5 Å². The van der Waals surface area contributed by atoms with E-state index in [1.165, 1.54) is 0 Å². The fourth-order valence-electron chi connectivity index (χ4n) is 7.03. The van der Waals surface area contributed by atoms with Crippen LogP contribution in [-0.4, -0.2) is 65.0 Å². The van der Waals surface area contributed by atoms with Gasteiger partial charge >= 0.3 is 0 Å². The summed E-state index contributed by atoms with van der Waals surface area (Å²) in [6.07, 6.45) is -5.07. The summed E-state index contributed by atoms with van der Waals surface area (Å²) >= 11 is 0. The molecule has 1 heterocycles. The van der Waals surface area contributed by atoms with Gasteiger partial charge in [0.05, 0.1) is 50.8 Å². The minimum Gasteiger partial charge on any atom is -0.390 e. The van der Waals surface area contributed by atoms with Crippen molar-refractivity contribution in [1.29, 1.82) is 0 Å². The number of Topliss-reactive ketones (excluding diaryl/α,β-unsaturated/α-hetero) is 1. The second-order valence-electron chi connectivity index (χ2n) is 12.6. The van der Waals surface area contributed by atoms with Crippen molar-refractivity contribution in [3.63, 3.8) is 0 Å². The van der Waals surface area contributed by atoms with Gasteiger partial charge < -0.3 is 33.9 Å². The van der Waals surface area contributed by atoms with Crippen LogP contribution in [0.5, 0.6) is 0 Å². The molecule has 3 aromatic carbocycles. The van der Waals surface area contributed by atoms with Crippen molar-refractivity contribution in [1.82, 2.24) is 0 Å². The third kappa shape index (κ3) is 6.82. The topological polar surface area (TPSA) is 104 Å². The van der Waals surface area contributed by atoms with Crippen LogP contribution in [0.2, 0.25) is 0 Å². The molecule has 0 spiro atoms. The van der Waals surface area contributed by atoms with E-state index in [4.69, 9.17) is 23.7 Å². The first-order valence-corrected chi connectivity index (χ1v) is 15.5. The summed E-state index contributed by atoms with van der Waals surface area (Å²) in [5.41, 5.74) is 2.81. The van der Waals surface area contributed by atoms with Gasteiger partial charge in [-0.1, -0.05) is 91.0 Å². The summed E-state index contributed by atoms with van der Waals surface area (Å²) in [4.78, 5) is 14.7. The predicted molar refractivity (Wildman–Crippen MR) is 162 cm³/mol. The summed E-state index contributed by atoms with van der Waals surface area (Å²) in [5.74, 6) is -2.84. The van der Waals surface area contributed by atoms with E-state index < -0.39 is 60.2 Å². The first-order chi connectivity index (χ1) is 21.3. The van der Waals surface area contributed by atoms with Gasteiger partial charge in [0, 0.05) is 17.8 Å². The molecule has 234 valence electrons. The lowest BCUT2D eigenvalue weighted by atomic mass is 9.59. The molecule has 0 amide bonds. The van der Waals surface area contributed by atoms with Crippen LogP contribution in [0.4, 0.5) is 0 Å². The van der Waals surface area contributed by atoms with Gasteiger partial charge in [-0.15, -0.1) is 0 Å². The summed E-state index contributed by atoms with van der Waals surface area (Å²) in [6.45, 7) is 4.64. The third-order valence-electron chi connectivity index (χ3n) is 9.14. The van der Waals surface area contributed by atoms with Crippen LogP contribution in [0, 0.1) is 17.8 Å². The monoisotopic (exact) mass is 602 g/mol. The van der Waals surface area contributed by atoms with Gasteiger partial charge in [0.25, 0.3) is 0 Å². The van der Waals surface area contributed by atoms with Crippen LogP contribution in [-0.2, 0) is 48.3 Å². The quantitative estimate of drug-likeness (QED) is 0.351. The number of carbonyl (C=O) groups excluding carboxylic acids is 1. The van der Waals surface area contributed by atoms with Crippen LogP contribution < -0.4 is 0 Å². The van der Waals surface area contributed by atoms with Gasteiger partial charge in [-0.2, -0.15) is 0 Å². The lowest BCUT2D eigenvalue weighted by Gasteiger charge is -2.53. The molecule has 2 N–H and O–H groups in total. The van der Waals surface area contributed by atoms with Crippen molar-refractivity contribution in [2.75, 3.05) is 6.61 Å². The van der Waals surface area contributed by atoms with Crippen molar-refractivity contribution in [3.8, 4) is 0 Å². The Bertz CT molecular complexity index is 1350. The number of hydrogen-bond acceptors (Lipinski definition) is 8. The number of hydrogen-bond donors (Lipinski definition) is 2. The second-order valence-corrected chi connectivity index (χ2v) is 12.6. The maximum Gasteiger partial charge on any atom is 0.168 e. The second kappa shape index (κ2) is 13.6. The number of carbonyl (C=O) groups is 1. The summed E-state index contributed by atoms with van der Waals surface area (Å²) in [5, 5.41) is 22.8. The molecule has 1 saturated heterocycles. The molecule has 6 rings (SSSR count). The lowest BCUT2D eigenvalue weighted by Crippen LogP contribution is -2.67. The van der Waals surface area contributed by atoms with Crippen LogP contribution in [0.15, 0.2) is 91.0 Å². The number of fused-ring (bicyclic) bond motifs is 1. The van der Waals surface area contributed by atoms with Gasteiger partial charge in [0.1, 0.15) is 12.2 Å². The van der Waals surface area contributed by atoms with E-state index in [0.717, 1.165) is 16.7 Å². The summed E-state index contributed by atoms with van der Waals surface area (Å²) in [6, 6.07) is 29.2. The zero-order valence-corrected chi connectivity index (χ0v) is 25.2. The molecule has 3 fully saturated rings. The predicted octanol–water partition coefficient (Wildman–Crippen LogP) is 4.45. The van der Waals surface area contributed by atoms with E-state index >= 15 is 0 Å². The number of rotatable bonds is 10. The molecule has 0 bridgehead atoms. The number of aliphatic hydroxyl groups excluding tert-OH is 2. The van der Waals surface area contributed by atoms with Crippen LogP contribution in [0.1, 0.15) is 37.0 Å². The fraction of sp³-hybridized carbons (Fsp3) is 0.472. The molecule has 8 heteroatoms. The molecule has 1 aliphatic heterocycles. The average molecular weight is 603 g/mol.